The third-order valence-electron chi connectivity index (χ3n) is 2.99. The highest BCUT2D eigenvalue weighted by Crippen LogP contribution is 2.20. The summed E-state index contributed by atoms with van der Waals surface area (Å²) in [6.45, 7) is 2.80. The molecular weight excluding hydrogens is 208 g/mol. The number of nitrogens with zero attached hydrogens (tertiary/aromatic N) is 3. The Morgan fingerprint density at radius 2 is 2.44 bits per heavy atom. The SMILES string of the molecule is CNC1CC(C)CCN(c2ncon2)C1=O. The van der Waals surface area contributed by atoms with Gasteiger partial charge >= 0.3 is 0 Å². The van der Waals surface area contributed by atoms with Crippen LogP contribution in [0.15, 0.2) is 10.9 Å². The second-order valence-corrected chi connectivity index (χ2v) is 4.19. The Hall–Kier alpha value is -1.43. The number of rotatable bonds is 2. The van der Waals surface area contributed by atoms with Gasteiger partial charge in [0, 0.05) is 6.54 Å². The van der Waals surface area contributed by atoms with E-state index in [9.17, 15) is 4.79 Å². The molecule has 1 aliphatic rings. The summed E-state index contributed by atoms with van der Waals surface area (Å²) >= 11 is 0. The van der Waals surface area contributed by atoms with Gasteiger partial charge in [0.15, 0.2) is 0 Å². The predicted molar refractivity (Wildman–Crippen MR) is 57.9 cm³/mol. The molecule has 0 spiro atoms. The van der Waals surface area contributed by atoms with Crippen LogP contribution in [-0.2, 0) is 4.79 Å². The van der Waals surface area contributed by atoms with Crippen LogP contribution in [0.5, 0.6) is 0 Å². The van der Waals surface area contributed by atoms with Crippen LogP contribution in [-0.4, -0.2) is 35.7 Å². The topological polar surface area (TPSA) is 71.3 Å². The predicted octanol–water partition coefficient (Wildman–Crippen LogP) is 0.420. The number of likely N-dealkylation sites (N-methyl/N-ethyl adjacent to an activating group) is 1. The third kappa shape index (κ3) is 2.06. The molecule has 0 aromatic carbocycles. The average molecular weight is 224 g/mol. The lowest BCUT2D eigenvalue weighted by molar-refractivity contribution is -0.120. The lowest BCUT2D eigenvalue weighted by Crippen LogP contribution is -2.44. The lowest BCUT2D eigenvalue weighted by atomic mass is 10.0. The molecule has 0 aliphatic carbocycles. The Kier molecular flexibility index (Phi) is 3.19. The second kappa shape index (κ2) is 4.61. The number of aromatic nitrogens is 2. The van der Waals surface area contributed by atoms with E-state index in [1.807, 2.05) is 0 Å². The number of hydrogen-bond donors (Lipinski definition) is 1. The summed E-state index contributed by atoms with van der Waals surface area (Å²) in [5.41, 5.74) is 0. The van der Waals surface area contributed by atoms with Gasteiger partial charge in [0.05, 0.1) is 6.04 Å². The number of carbonyl (C=O) groups excluding carboxylic acids is 1. The highest BCUT2D eigenvalue weighted by molar-refractivity contribution is 5.95. The highest BCUT2D eigenvalue weighted by atomic mass is 16.5. The van der Waals surface area contributed by atoms with Gasteiger partial charge in [-0.25, -0.2) is 0 Å². The van der Waals surface area contributed by atoms with Crippen LogP contribution in [0.3, 0.4) is 0 Å². The zero-order valence-electron chi connectivity index (χ0n) is 9.51. The third-order valence-corrected chi connectivity index (χ3v) is 2.99. The van der Waals surface area contributed by atoms with E-state index in [4.69, 9.17) is 0 Å². The van der Waals surface area contributed by atoms with Gasteiger partial charge in [0.2, 0.25) is 12.3 Å². The minimum absolute atomic E-state index is 0.0215. The molecule has 1 saturated heterocycles. The first-order chi connectivity index (χ1) is 7.72. The van der Waals surface area contributed by atoms with Crippen LogP contribution in [0.1, 0.15) is 19.8 Å². The molecule has 2 atom stereocenters. The number of nitrogens with one attached hydrogen (secondary N) is 1. The minimum Gasteiger partial charge on any atom is -0.341 e. The first-order valence-electron chi connectivity index (χ1n) is 5.47. The van der Waals surface area contributed by atoms with Crippen molar-refractivity contribution in [2.45, 2.75) is 25.8 Å². The molecule has 88 valence electrons. The van der Waals surface area contributed by atoms with E-state index in [1.54, 1.807) is 11.9 Å². The number of anilines is 1. The Morgan fingerprint density at radius 1 is 1.62 bits per heavy atom. The molecule has 1 aromatic heterocycles. The molecule has 6 heteroatoms. The van der Waals surface area contributed by atoms with Gasteiger partial charge in [-0.1, -0.05) is 6.92 Å². The highest BCUT2D eigenvalue weighted by Gasteiger charge is 2.31. The van der Waals surface area contributed by atoms with E-state index in [1.165, 1.54) is 6.39 Å². The summed E-state index contributed by atoms with van der Waals surface area (Å²) in [6.07, 6.45) is 3.05. The number of carbonyl (C=O) groups is 1. The summed E-state index contributed by atoms with van der Waals surface area (Å²) in [7, 11) is 1.80. The van der Waals surface area contributed by atoms with Crippen LogP contribution in [0, 0.1) is 5.92 Å². The Labute approximate surface area is 94.0 Å². The van der Waals surface area contributed by atoms with Crippen molar-refractivity contribution in [2.24, 2.45) is 5.92 Å². The molecule has 1 aromatic rings. The maximum Gasteiger partial charge on any atom is 0.272 e. The Morgan fingerprint density at radius 3 is 3.06 bits per heavy atom. The molecule has 0 radical (unpaired) electrons. The molecule has 1 aliphatic heterocycles. The van der Waals surface area contributed by atoms with Crippen LogP contribution in [0.4, 0.5) is 5.95 Å². The molecule has 0 saturated carbocycles. The van der Waals surface area contributed by atoms with Gasteiger partial charge in [0.25, 0.3) is 5.95 Å². The fraction of sp³-hybridized carbons (Fsp3) is 0.700. The zero-order chi connectivity index (χ0) is 11.5. The first-order valence-corrected chi connectivity index (χ1v) is 5.47. The van der Waals surface area contributed by atoms with E-state index < -0.39 is 0 Å². The molecule has 6 nitrogen and oxygen atoms in total. The fourth-order valence-corrected chi connectivity index (χ4v) is 1.99. The van der Waals surface area contributed by atoms with Gasteiger partial charge < -0.3 is 9.84 Å². The molecule has 2 heterocycles. The van der Waals surface area contributed by atoms with Gasteiger partial charge in [-0.2, -0.15) is 4.98 Å². The molecule has 1 N–H and O–H groups in total. The van der Waals surface area contributed by atoms with Crippen molar-refractivity contribution >= 4 is 11.9 Å². The molecule has 2 rings (SSSR count). The minimum atomic E-state index is -0.156. The van der Waals surface area contributed by atoms with Crippen molar-refractivity contribution in [3.05, 3.63) is 6.39 Å². The molecular formula is C10H16N4O2. The van der Waals surface area contributed by atoms with Crippen molar-refractivity contribution in [3.8, 4) is 0 Å². The maximum absolute atomic E-state index is 12.2. The van der Waals surface area contributed by atoms with Gasteiger partial charge in [-0.15, -0.1) is 0 Å². The largest absolute Gasteiger partial charge is 0.341 e. The van der Waals surface area contributed by atoms with E-state index in [2.05, 4.69) is 26.9 Å². The van der Waals surface area contributed by atoms with Crippen molar-refractivity contribution in [1.82, 2.24) is 15.5 Å². The lowest BCUT2D eigenvalue weighted by Gasteiger charge is -2.20. The Bertz CT molecular complexity index is 352. The van der Waals surface area contributed by atoms with Gasteiger partial charge in [-0.05, 0) is 31.0 Å². The maximum atomic E-state index is 12.2. The van der Waals surface area contributed by atoms with Crippen LogP contribution in [0.25, 0.3) is 0 Å². The second-order valence-electron chi connectivity index (χ2n) is 4.19. The summed E-state index contributed by atoms with van der Waals surface area (Å²) in [6, 6.07) is -0.156. The Balaban J connectivity index is 2.21. The van der Waals surface area contributed by atoms with E-state index in [0.29, 0.717) is 18.4 Å². The molecule has 1 fully saturated rings. The van der Waals surface area contributed by atoms with Crippen LogP contribution < -0.4 is 10.2 Å². The molecule has 0 bridgehead atoms. The molecule has 1 amide bonds. The standard InChI is InChI=1S/C10H16N4O2/c1-7-3-4-14(10-12-6-16-13-10)9(15)8(5-7)11-2/h6-8,11H,3-5H2,1-2H3. The van der Waals surface area contributed by atoms with Crippen LogP contribution >= 0.6 is 0 Å². The summed E-state index contributed by atoms with van der Waals surface area (Å²) in [5.74, 6) is 0.894. The van der Waals surface area contributed by atoms with E-state index in [-0.39, 0.29) is 11.9 Å². The first kappa shape index (κ1) is 11.1. The zero-order valence-corrected chi connectivity index (χ0v) is 9.51. The normalized spacial score (nSPS) is 26.9. The smallest absolute Gasteiger partial charge is 0.272 e. The summed E-state index contributed by atoms with van der Waals surface area (Å²) < 4.78 is 4.68. The van der Waals surface area contributed by atoms with Crippen molar-refractivity contribution < 1.29 is 9.32 Å². The average Bonchev–Trinajstić information content (AvgIpc) is 2.75. The van der Waals surface area contributed by atoms with Gasteiger partial charge in [-0.3, -0.25) is 9.69 Å². The van der Waals surface area contributed by atoms with Gasteiger partial charge in [0.1, 0.15) is 0 Å². The fourth-order valence-electron chi connectivity index (χ4n) is 1.99. The van der Waals surface area contributed by atoms with Crippen LogP contribution in [0.2, 0.25) is 0 Å². The molecule has 16 heavy (non-hydrogen) atoms. The van der Waals surface area contributed by atoms with E-state index >= 15 is 0 Å². The van der Waals surface area contributed by atoms with E-state index in [0.717, 1.165) is 12.8 Å². The quantitative estimate of drug-likeness (QED) is 0.788. The van der Waals surface area contributed by atoms with Crippen molar-refractivity contribution in [3.63, 3.8) is 0 Å². The molecule has 2 unspecified atom stereocenters. The van der Waals surface area contributed by atoms with Crippen molar-refractivity contribution in [1.29, 1.82) is 0 Å². The number of amides is 1. The summed E-state index contributed by atoms with van der Waals surface area (Å²) in [5, 5.41) is 6.76. The monoisotopic (exact) mass is 224 g/mol. The van der Waals surface area contributed by atoms with Crippen molar-refractivity contribution in [2.75, 3.05) is 18.5 Å². The summed E-state index contributed by atoms with van der Waals surface area (Å²) in [4.78, 5) is 17.7. The number of hydrogen-bond acceptors (Lipinski definition) is 5.